The van der Waals surface area contributed by atoms with Crippen molar-refractivity contribution in [1.82, 2.24) is 9.13 Å². The molecule has 10 nitrogen and oxygen atoms in total. The van der Waals surface area contributed by atoms with Crippen LogP contribution in [-0.2, 0) is 14.3 Å². The first-order valence-electron chi connectivity index (χ1n) is 13.7. The van der Waals surface area contributed by atoms with Crippen LogP contribution in [0.5, 0.6) is 11.5 Å². The Balaban J connectivity index is 1.49. The summed E-state index contributed by atoms with van der Waals surface area (Å²) in [5.74, 6) is 0.196. The normalized spacial score (nSPS) is 15.7. The molecule has 0 N–H and O–H groups in total. The van der Waals surface area contributed by atoms with Crippen LogP contribution in [0.25, 0.3) is 11.8 Å². The summed E-state index contributed by atoms with van der Waals surface area (Å²) in [6, 6.07) is 13.8. The Labute approximate surface area is 250 Å². The Morgan fingerprint density at radius 2 is 1.86 bits per heavy atom. The molecule has 2 aromatic carbocycles. The van der Waals surface area contributed by atoms with E-state index in [0.717, 1.165) is 22.6 Å². The van der Waals surface area contributed by atoms with Gasteiger partial charge in [-0.1, -0.05) is 23.5 Å². The van der Waals surface area contributed by atoms with Gasteiger partial charge in [0.15, 0.2) is 16.3 Å². The number of hydrogen-bond acceptors (Lipinski definition) is 9. The van der Waals surface area contributed by atoms with Crippen LogP contribution in [0.4, 0.5) is 0 Å². The fourth-order valence-electron chi connectivity index (χ4n) is 5.55. The molecule has 220 valence electrons. The summed E-state index contributed by atoms with van der Waals surface area (Å²) in [4.78, 5) is 44.6. The fourth-order valence-corrected chi connectivity index (χ4v) is 6.59. The van der Waals surface area contributed by atoms with Gasteiger partial charge in [0.25, 0.3) is 5.56 Å². The SMILES string of the molecule is CCOC(=O)C1=C(C)N=c2s/c(=C/c3cc(C)n(-c4cccc(C(=O)OC)c4)c3C)c(=O)n2[C@H]1c1ccc2c(c1)OCO2. The molecule has 0 saturated carbocycles. The van der Waals surface area contributed by atoms with Gasteiger partial charge in [-0.2, -0.15) is 0 Å². The Morgan fingerprint density at radius 1 is 1.07 bits per heavy atom. The molecule has 6 rings (SSSR count). The molecule has 0 fully saturated rings. The van der Waals surface area contributed by atoms with Crippen molar-refractivity contribution in [3.8, 4) is 17.2 Å². The van der Waals surface area contributed by atoms with Gasteiger partial charge in [0, 0.05) is 17.1 Å². The summed E-state index contributed by atoms with van der Waals surface area (Å²) in [6.07, 6.45) is 1.84. The Bertz CT molecular complexity index is 2010. The molecule has 0 radical (unpaired) electrons. The molecule has 11 heteroatoms. The van der Waals surface area contributed by atoms with Crippen LogP contribution >= 0.6 is 11.3 Å². The molecule has 1 atom stereocenters. The minimum absolute atomic E-state index is 0.104. The van der Waals surface area contributed by atoms with Crippen LogP contribution in [0.3, 0.4) is 0 Å². The second kappa shape index (κ2) is 11.1. The summed E-state index contributed by atoms with van der Waals surface area (Å²) in [5, 5.41) is 0. The van der Waals surface area contributed by atoms with Crippen LogP contribution in [0.1, 0.15) is 52.8 Å². The van der Waals surface area contributed by atoms with Crippen LogP contribution in [0.15, 0.2) is 69.6 Å². The monoisotopic (exact) mass is 599 g/mol. The highest BCUT2D eigenvalue weighted by Gasteiger charge is 2.34. The van der Waals surface area contributed by atoms with Crippen molar-refractivity contribution in [3.63, 3.8) is 0 Å². The second-order valence-corrected chi connectivity index (χ2v) is 11.1. The molecule has 4 heterocycles. The van der Waals surface area contributed by atoms with Gasteiger partial charge in [0.1, 0.15) is 0 Å². The molecule has 0 aliphatic carbocycles. The zero-order valence-electron chi connectivity index (χ0n) is 24.3. The molecular formula is C32H29N3O7S. The van der Waals surface area contributed by atoms with E-state index in [0.29, 0.717) is 43.2 Å². The lowest BCUT2D eigenvalue weighted by atomic mass is 9.95. The average molecular weight is 600 g/mol. The van der Waals surface area contributed by atoms with E-state index in [1.807, 2.05) is 42.7 Å². The molecular weight excluding hydrogens is 570 g/mol. The third kappa shape index (κ3) is 4.85. The maximum Gasteiger partial charge on any atom is 0.338 e. The first kappa shape index (κ1) is 28.2. The van der Waals surface area contributed by atoms with E-state index < -0.39 is 18.0 Å². The number of thiazole rings is 1. The number of carbonyl (C=O) groups excluding carboxylic acids is 2. The maximum absolute atomic E-state index is 14.1. The van der Waals surface area contributed by atoms with E-state index >= 15 is 0 Å². The lowest BCUT2D eigenvalue weighted by molar-refractivity contribution is -0.139. The maximum atomic E-state index is 14.1. The molecule has 0 unspecified atom stereocenters. The Kier molecular flexibility index (Phi) is 7.26. The Hall–Kier alpha value is -4.90. The highest BCUT2D eigenvalue weighted by Crippen LogP contribution is 2.38. The van der Waals surface area contributed by atoms with Crippen molar-refractivity contribution in [2.24, 2.45) is 4.99 Å². The number of fused-ring (bicyclic) bond motifs is 2. The highest BCUT2D eigenvalue weighted by molar-refractivity contribution is 7.07. The fraction of sp³-hybridized carbons (Fsp3) is 0.250. The van der Waals surface area contributed by atoms with Gasteiger partial charge in [-0.15, -0.1) is 0 Å². The molecule has 0 bridgehead atoms. The molecule has 0 saturated heterocycles. The van der Waals surface area contributed by atoms with Crippen molar-refractivity contribution in [3.05, 3.63) is 108 Å². The number of carbonyl (C=O) groups is 2. The molecule has 0 spiro atoms. The topological polar surface area (TPSA) is 110 Å². The molecule has 2 aliphatic heterocycles. The summed E-state index contributed by atoms with van der Waals surface area (Å²) in [6.45, 7) is 7.70. The van der Waals surface area contributed by atoms with Gasteiger partial charge >= 0.3 is 11.9 Å². The quantitative estimate of drug-likeness (QED) is 0.311. The van der Waals surface area contributed by atoms with E-state index in [-0.39, 0.29) is 19.0 Å². The zero-order valence-corrected chi connectivity index (χ0v) is 25.1. The van der Waals surface area contributed by atoms with Crippen molar-refractivity contribution < 1.29 is 28.5 Å². The molecule has 0 amide bonds. The Morgan fingerprint density at radius 3 is 2.63 bits per heavy atom. The zero-order chi connectivity index (χ0) is 30.4. The van der Waals surface area contributed by atoms with Gasteiger partial charge in [0.05, 0.1) is 41.1 Å². The largest absolute Gasteiger partial charge is 0.465 e. The van der Waals surface area contributed by atoms with Gasteiger partial charge in [-0.3, -0.25) is 9.36 Å². The van der Waals surface area contributed by atoms with E-state index in [1.165, 1.54) is 18.4 Å². The van der Waals surface area contributed by atoms with Gasteiger partial charge in [0.2, 0.25) is 6.79 Å². The number of methoxy groups -OCH3 is 1. The summed E-state index contributed by atoms with van der Waals surface area (Å²) >= 11 is 1.26. The van der Waals surface area contributed by atoms with Crippen LogP contribution in [-0.4, -0.2) is 41.6 Å². The number of rotatable bonds is 6. The molecule has 2 aliphatic rings. The van der Waals surface area contributed by atoms with Crippen LogP contribution in [0.2, 0.25) is 0 Å². The predicted octanol–water partition coefficient (Wildman–Crippen LogP) is 3.72. The number of benzene rings is 2. The number of esters is 2. The number of aryl methyl sites for hydroxylation is 1. The second-order valence-electron chi connectivity index (χ2n) is 10.1. The van der Waals surface area contributed by atoms with Gasteiger partial charge in [-0.05, 0) is 81.3 Å². The van der Waals surface area contributed by atoms with Crippen LogP contribution in [0, 0.1) is 13.8 Å². The molecule has 4 aromatic rings. The summed E-state index contributed by atoms with van der Waals surface area (Å²) < 4.78 is 25.4. The van der Waals surface area contributed by atoms with Crippen LogP contribution < -0.4 is 24.4 Å². The first-order valence-corrected chi connectivity index (χ1v) is 14.5. The number of aromatic nitrogens is 2. The summed E-state index contributed by atoms with van der Waals surface area (Å²) in [5.41, 5.74) is 5.08. The number of ether oxygens (including phenoxy) is 4. The predicted molar refractivity (Wildman–Crippen MR) is 160 cm³/mol. The number of allylic oxidation sites excluding steroid dienone is 1. The average Bonchev–Trinajstić information content (AvgIpc) is 3.67. The van der Waals surface area contributed by atoms with Crippen molar-refractivity contribution in [2.45, 2.75) is 33.7 Å². The smallest absolute Gasteiger partial charge is 0.338 e. The van der Waals surface area contributed by atoms with E-state index in [1.54, 1.807) is 48.7 Å². The first-order chi connectivity index (χ1) is 20.7. The van der Waals surface area contributed by atoms with Crippen molar-refractivity contribution >= 4 is 29.4 Å². The number of hydrogen-bond donors (Lipinski definition) is 0. The molecule has 2 aromatic heterocycles. The van der Waals surface area contributed by atoms with Gasteiger partial charge < -0.3 is 23.5 Å². The third-order valence-corrected chi connectivity index (χ3v) is 8.49. The summed E-state index contributed by atoms with van der Waals surface area (Å²) in [7, 11) is 1.35. The van der Waals surface area contributed by atoms with E-state index in [2.05, 4.69) is 4.99 Å². The van der Waals surface area contributed by atoms with E-state index in [4.69, 9.17) is 18.9 Å². The van der Waals surface area contributed by atoms with Crippen molar-refractivity contribution in [1.29, 1.82) is 0 Å². The third-order valence-electron chi connectivity index (χ3n) is 7.51. The highest BCUT2D eigenvalue weighted by atomic mass is 32.1. The standard InChI is InChI=1S/C32H29N3O7S/c1-6-40-31(38)27-18(3)33-32-35(28(27)20-10-11-24-25(14-20)42-16-41-24)29(36)26(43-32)15-22-12-17(2)34(19(22)4)23-9-7-8-21(13-23)30(37)39-5/h7-15,28H,6,16H2,1-5H3/b26-15+/t28-/m0/s1. The number of nitrogens with zero attached hydrogens (tertiary/aromatic N) is 3. The minimum atomic E-state index is -0.763. The molecule has 43 heavy (non-hydrogen) atoms. The van der Waals surface area contributed by atoms with E-state index in [9.17, 15) is 14.4 Å². The van der Waals surface area contributed by atoms with Crippen molar-refractivity contribution in [2.75, 3.05) is 20.5 Å². The van der Waals surface area contributed by atoms with Gasteiger partial charge in [-0.25, -0.2) is 14.6 Å². The minimum Gasteiger partial charge on any atom is -0.465 e. The lowest BCUT2D eigenvalue weighted by Crippen LogP contribution is -2.39. The lowest BCUT2D eigenvalue weighted by Gasteiger charge is -2.24.